The van der Waals surface area contributed by atoms with Crippen molar-refractivity contribution in [3.63, 3.8) is 0 Å². The van der Waals surface area contributed by atoms with Crippen molar-refractivity contribution in [3.05, 3.63) is 120 Å². The van der Waals surface area contributed by atoms with Gasteiger partial charge < -0.3 is 9.88 Å². The lowest BCUT2D eigenvalue weighted by Crippen LogP contribution is -2.26. The van der Waals surface area contributed by atoms with Crippen molar-refractivity contribution in [2.24, 2.45) is 5.92 Å². The van der Waals surface area contributed by atoms with Gasteiger partial charge in [0.2, 0.25) is 5.91 Å². The first-order chi connectivity index (χ1) is 19.1. The van der Waals surface area contributed by atoms with E-state index in [1.54, 1.807) is 0 Å². The number of carbonyl (C=O) groups is 1. The Hall–Kier alpha value is -3.83. The molecule has 5 rings (SSSR count). The monoisotopic (exact) mass is 533 g/mol. The van der Waals surface area contributed by atoms with Crippen LogP contribution in [0.15, 0.2) is 97.1 Å². The lowest BCUT2D eigenvalue weighted by Gasteiger charge is -2.16. The Morgan fingerprint density at radius 2 is 1.56 bits per heavy atom. The molecule has 1 heterocycles. The molecule has 1 amide bonds. The number of nitrogens with one attached hydrogen (secondary N) is 1. The molecule has 1 aromatic heterocycles. The highest BCUT2D eigenvalue weighted by Gasteiger charge is 2.20. The Bertz CT molecular complexity index is 1540. The lowest BCUT2D eigenvalue weighted by molar-refractivity contribution is -0.119. The second kappa shape index (κ2) is 12.4. The number of fused-ring (bicyclic) bond motifs is 1. The van der Waals surface area contributed by atoms with Gasteiger partial charge in [0, 0.05) is 24.4 Å². The van der Waals surface area contributed by atoms with Crippen molar-refractivity contribution >= 4 is 35.3 Å². The number of hydrogen-bond acceptors (Lipinski definition) is 3. The van der Waals surface area contributed by atoms with Gasteiger partial charge in [-0.2, -0.15) is 12.6 Å². The van der Waals surface area contributed by atoms with E-state index < -0.39 is 0 Å². The average Bonchev–Trinajstić information content (AvgIpc) is 3.30. The second-order valence-electron chi connectivity index (χ2n) is 10.1. The van der Waals surface area contributed by atoms with Gasteiger partial charge in [-0.05, 0) is 59.7 Å². The fourth-order valence-corrected chi connectivity index (χ4v) is 5.40. The first-order valence-electron chi connectivity index (χ1n) is 13.7. The molecule has 4 aromatic carbocycles. The van der Waals surface area contributed by atoms with E-state index in [0.29, 0.717) is 12.2 Å². The third-order valence-corrected chi connectivity index (χ3v) is 7.62. The van der Waals surface area contributed by atoms with Gasteiger partial charge in [-0.3, -0.25) is 4.79 Å². The molecule has 5 aromatic rings. The molecule has 5 heteroatoms. The number of aryl methyl sites for hydroxylation is 2. The van der Waals surface area contributed by atoms with Crippen LogP contribution in [-0.2, 0) is 24.2 Å². The van der Waals surface area contributed by atoms with Crippen molar-refractivity contribution in [2.75, 3.05) is 11.1 Å². The molecule has 0 aliphatic heterocycles. The zero-order valence-corrected chi connectivity index (χ0v) is 23.5. The molecule has 0 aliphatic rings. The van der Waals surface area contributed by atoms with Gasteiger partial charge in [0.1, 0.15) is 5.82 Å². The predicted molar refractivity (Wildman–Crippen MR) is 166 cm³/mol. The van der Waals surface area contributed by atoms with Gasteiger partial charge in [-0.1, -0.05) is 91.9 Å². The molecule has 198 valence electrons. The van der Waals surface area contributed by atoms with E-state index in [2.05, 4.69) is 103 Å². The molecule has 0 radical (unpaired) electrons. The first-order valence-corrected chi connectivity index (χ1v) is 14.3. The van der Waals surface area contributed by atoms with Crippen LogP contribution < -0.4 is 5.32 Å². The average molecular weight is 534 g/mol. The third kappa shape index (κ3) is 6.26. The van der Waals surface area contributed by atoms with Crippen molar-refractivity contribution in [1.82, 2.24) is 9.55 Å². The predicted octanol–water partition coefficient (Wildman–Crippen LogP) is 7.74. The minimum Gasteiger partial charge on any atom is -0.326 e. The summed E-state index contributed by atoms with van der Waals surface area (Å²) in [5.74, 6) is 1.34. The first kappa shape index (κ1) is 26.8. The van der Waals surface area contributed by atoms with E-state index in [1.807, 2.05) is 30.3 Å². The van der Waals surface area contributed by atoms with Crippen LogP contribution in [-0.4, -0.2) is 21.2 Å². The Kier molecular flexibility index (Phi) is 8.48. The molecule has 0 bridgehead atoms. The molecule has 0 saturated carbocycles. The van der Waals surface area contributed by atoms with Crippen molar-refractivity contribution in [1.29, 1.82) is 0 Å². The van der Waals surface area contributed by atoms with Crippen LogP contribution in [0.1, 0.15) is 35.9 Å². The number of anilines is 1. The number of amides is 1. The summed E-state index contributed by atoms with van der Waals surface area (Å²) in [5.41, 5.74) is 8.68. The largest absolute Gasteiger partial charge is 0.326 e. The highest BCUT2D eigenvalue weighted by Crippen LogP contribution is 2.28. The van der Waals surface area contributed by atoms with Crippen molar-refractivity contribution in [2.45, 2.75) is 39.7 Å². The number of hydrogen-bond donors (Lipinski definition) is 2. The summed E-state index contributed by atoms with van der Waals surface area (Å²) in [6.07, 6.45) is 2.58. The van der Waals surface area contributed by atoms with E-state index in [9.17, 15) is 4.79 Å². The summed E-state index contributed by atoms with van der Waals surface area (Å²) in [6.45, 7) is 4.98. The van der Waals surface area contributed by atoms with Gasteiger partial charge in [-0.15, -0.1) is 0 Å². The number of rotatable bonds is 10. The smallest absolute Gasteiger partial charge is 0.228 e. The minimum absolute atomic E-state index is 0.0102. The molecule has 0 fully saturated rings. The van der Waals surface area contributed by atoms with Crippen LogP contribution in [0.4, 0.5) is 5.69 Å². The number of thiol groups is 1. The number of nitrogens with zero attached hydrogens (tertiary/aromatic N) is 2. The van der Waals surface area contributed by atoms with Gasteiger partial charge in [0.05, 0.1) is 17.0 Å². The molecular weight excluding hydrogens is 498 g/mol. The Morgan fingerprint density at radius 3 is 2.23 bits per heavy atom. The molecule has 39 heavy (non-hydrogen) atoms. The molecule has 0 saturated heterocycles. The topological polar surface area (TPSA) is 46.9 Å². The normalized spacial score (nSPS) is 12.0. The van der Waals surface area contributed by atoms with E-state index in [1.165, 1.54) is 16.7 Å². The molecule has 0 spiro atoms. The summed E-state index contributed by atoms with van der Waals surface area (Å²) in [4.78, 5) is 18.3. The van der Waals surface area contributed by atoms with Crippen LogP contribution >= 0.6 is 12.6 Å². The fourth-order valence-electron chi connectivity index (χ4n) is 5.10. The summed E-state index contributed by atoms with van der Waals surface area (Å²) < 4.78 is 2.30. The lowest BCUT2D eigenvalue weighted by atomic mass is 10.00. The number of imidazole rings is 1. The van der Waals surface area contributed by atoms with Crippen LogP contribution in [0, 0.1) is 12.8 Å². The number of carbonyl (C=O) groups excluding carboxylic acids is 1. The van der Waals surface area contributed by atoms with Crippen LogP contribution in [0.25, 0.3) is 22.2 Å². The SMILES string of the molecule is CCCc1nc2c(C)cc(NC(=O)[C@@H](CS)Cc3ccccc3)cc2n1Cc1ccc(-c2ccccc2)cc1. The van der Waals surface area contributed by atoms with Crippen molar-refractivity contribution < 1.29 is 4.79 Å². The second-order valence-corrected chi connectivity index (χ2v) is 10.5. The maximum absolute atomic E-state index is 13.2. The summed E-state index contributed by atoms with van der Waals surface area (Å²) in [6, 6.07) is 33.4. The van der Waals surface area contributed by atoms with Crippen molar-refractivity contribution in [3.8, 4) is 11.1 Å². The maximum Gasteiger partial charge on any atom is 0.228 e. The van der Waals surface area contributed by atoms with E-state index in [0.717, 1.165) is 53.1 Å². The van der Waals surface area contributed by atoms with Gasteiger partial charge in [0.25, 0.3) is 0 Å². The molecule has 1 N–H and O–H groups in total. The summed E-state index contributed by atoms with van der Waals surface area (Å²) in [5, 5.41) is 3.18. The number of benzene rings is 4. The van der Waals surface area contributed by atoms with E-state index >= 15 is 0 Å². The zero-order valence-electron chi connectivity index (χ0n) is 22.6. The molecule has 0 unspecified atom stereocenters. The molecule has 1 atom stereocenters. The van der Waals surface area contributed by atoms with Gasteiger partial charge >= 0.3 is 0 Å². The quantitative estimate of drug-likeness (QED) is 0.180. The van der Waals surface area contributed by atoms with Crippen LogP contribution in [0.5, 0.6) is 0 Å². The Balaban J connectivity index is 1.42. The van der Waals surface area contributed by atoms with Gasteiger partial charge in [-0.25, -0.2) is 4.98 Å². The third-order valence-electron chi connectivity index (χ3n) is 7.18. The fraction of sp³-hybridized carbons (Fsp3) is 0.235. The van der Waals surface area contributed by atoms with E-state index in [4.69, 9.17) is 4.98 Å². The Morgan fingerprint density at radius 1 is 0.897 bits per heavy atom. The number of aromatic nitrogens is 2. The minimum atomic E-state index is -0.213. The molecule has 0 aliphatic carbocycles. The highest BCUT2D eigenvalue weighted by atomic mass is 32.1. The summed E-state index contributed by atoms with van der Waals surface area (Å²) >= 11 is 4.48. The Labute approximate surface area is 236 Å². The van der Waals surface area contributed by atoms with Crippen LogP contribution in [0.3, 0.4) is 0 Å². The molecular formula is C34H35N3OS. The van der Waals surface area contributed by atoms with Crippen LogP contribution in [0.2, 0.25) is 0 Å². The maximum atomic E-state index is 13.2. The summed E-state index contributed by atoms with van der Waals surface area (Å²) in [7, 11) is 0. The van der Waals surface area contributed by atoms with Gasteiger partial charge in [0.15, 0.2) is 0 Å². The molecule has 4 nitrogen and oxygen atoms in total. The van der Waals surface area contributed by atoms with E-state index in [-0.39, 0.29) is 11.8 Å². The zero-order chi connectivity index (χ0) is 27.2. The highest BCUT2D eigenvalue weighted by molar-refractivity contribution is 7.80. The standard InChI is InChI=1S/C34H35N3OS/c1-3-10-32-36-33-24(2)19-30(35-34(38)29(23-39)20-25-11-6-4-7-12-25)21-31(33)37(32)22-26-15-17-28(18-16-26)27-13-8-5-9-14-27/h4-9,11-19,21,29,39H,3,10,20,22-23H2,1-2H3,(H,35,38)/t29-/m1/s1.